The van der Waals surface area contributed by atoms with Crippen molar-refractivity contribution in [3.8, 4) is 11.3 Å². The van der Waals surface area contributed by atoms with Crippen LogP contribution in [-0.2, 0) is 0 Å². The third kappa shape index (κ3) is 2.89. The van der Waals surface area contributed by atoms with Crippen LogP contribution in [0.4, 0.5) is 0 Å². The van der Waals surface area contributed by atoms with Gasteiger partial charge in [-0.25, -0.2) is 0 Å². The maximum Gasteiger partial charge on any atom is 0.0502 e. The molecule has 0 atom stereocenters. The van der Waals surface area contributed by atoms with Gasteiger partial charge in [0.05, 0.1) is 5.69 Å². The summed E-state index contributed by atoms with van der Waals surface area (Å²) in [5.74, 6) is 0.645. The highest BCUT2D eigenvalue weighted by atomic mass is 35.5. The van der Waals surface area contributed by atoms with Crippen LogP contribution in [0.25, 0.3) is 22.2 Å². The molecule has 1 aliphatic heterocycles. The maximum atomic E-state index is 3.70. The lowest BCUT2D eigenvalue weighted by molar-refractivity contribution is 0.463. The molecule has 2 nitrogen and oxygen atoms in total. The third-order valence-electron chi connectivity index (χ3n) is 4.91. The van der Waals surface area contributed by atoms with Gasteiger partial charge in [0.2, 0.25) is 0 Å². The summed E-state index contributed by atoms with van der Waals surface area (Å²) < 4.78 is 0. The highest BCUT2D eigenvalue weighted by Gasteiger charge is 2.23. The van der Waals surface area contributed by atoms with Gasteiger partial charge in [-0.2, -0.15) is 0 Å². The molecule has 2 heterocycles. The number of H-pyrrole nitrogens is 1. The van der Waals surface area contributed by atoms with Crippen LogP contribution in [0, 0.1) is 6.92 Å². The summed E-state index contributed by atoms with van der Waals surface area (Å²) in [5.41, 5.74) is 6.78. The molecule has 0 spiro atoms. The van der Waals surface area contributed by atoms with Gasteiger partial charge < -0.3 is 10.3 Å². The van der Waals surface area contributed by atoms with Crippen LogP contribution >= 0.6 is 12.4 Å². The second kappa shape index (κ2) is 6.77. The zero-order valence-electron chi connectivity index (χ0n) is 13.4. The van der Waals surface area contributed by atoms with Crippen LogP contribution in [0.3, 0.4) is 0 Å². The van der Waals surface area contributed by atoms with Gasteiger partial charge in [0.25, 0.3) is 0 Å². The lowest BCUT2D eigenvalue weighted by atomic mass is 9.86. The lowest BCUT2D eigenvalue weighted by Gasteiger charge is -2.24. The lowest BCUT2D eigenvalue weighted by Crippen LogP contribution is -2.26. The van der Waals surface area contributed by atoms with Crippen LogP contribution in [0.1, 0.15) is 29.9 Å². The first-order valence-electron chi connectivity index (χ1n) is 8.22. The van der Waals surface area contributed by atoms with Gasteiger partial charge in [0, 0.05) is 16.5 Å². The molecule has 3 heteroatoms. The second-order valence-corrected chi connectivity index (χ2v) is 6.30. The van der Waals surface area contributed by atoms with Crippen LogP contribution in [0.15, 0.2) is 48.5 Å². The molecule has 0 aliphatic carbocycles. The van der Waals surface area contributed by atoms with E-state index in [9.17, 15) is 0 Å². The van der Waals surface area contributed by atoms with Crippen molar-refractivity contribution in [2.75, 3.05) is 13.1 Å². The van der Waals surface area contributed by atoms with E-state index in [0.29, 0.717) is 5.92 Å². The first-order chi connectivity index (χ1) is 10.8. The van der Waals surface area contributed by atoms with Crippen molar-refractivity contribution < 1.29 is 0 Å². The van der Waals surface area contributed by atoms with E-state index in [4.69, 9.17) is 0 Å². The zero-order chi connectivity index (χ0) is 14.9. The van der Waals surface area contributed by atoms with E-state index in [1.807, 2.05) is 0 Å². The average molecular weight is 327 g/mol. The quantitative estimate of drug-likeness (QED) is 0.679. The van der Waals surface area contributed by atoms with Gasteiger partial charge in [0.1, 0.15) is 0 Å². The Kier molecular flexibility index (Phi) is 4.74. The molecule has 0 unspecified atom stereocenters. The normalized spacial score (nSPS) is 15.5. The largest absolute Gasteiger partial charge is 0.354 e. The number of benzene rings is 2. The highest BCUT2D eigenvalue weighted by Crippen LogP contribution is 2.39. The van der Waals surface area contributed by atoms with Crippen molar-refractivity contribution in [2.45, 2.75) is 25.7 Å². The minimum Gasteiger partial charge on any atom is -0.354 e. The predicted molar refractivity (Wildman–Crippen MR) is 101 cm³/mol. The fourth-order valence-electron chi connectivity index (χ4n) is 3.76. The van der Waals surface area contributed by atoms with Crippen molar-refractivity contribution in [2.24, 2.45) is 0 Å². The van der Waals surface area contributed by atoms with Crippen molar-refractivity contribution in [1.29, 1.82) is 0 Å². The molecule has 0 saturated carbocycles. The molecular weight excluding hydrogens is 304 g/mol. The maximum absolute atomic E-state index is 3.70. The molecule has 1 aliphatic rings. The van der Waals surface area contributed by atoms with Gasteiger partial charge in [-0.05, 0) is 56.0 Å². The Hall–Kier alpha value is -1.77. The Morgan fingerprint density at radius 2 is 1.61 bits per heavy atom. The van der Waals surface area contributed by atoms with Crippen molar-refractivity contribution in [3.05, 3.63) is 59.7 Å². The molecule has 1 aromatic heterocycles. The number of nitrogens with one attached hydrogen (secondary N) is 2. The number of hydrogen-bond donors (Lipinski definition) is 2. The summed E-state index contributed by atoms with van der Waals surface area (Å²) in [6.45, 7) is 4.45. The number of fused-ring (bicyclic) bond motifs is 1. The van der Waals surface area contributed by atoms with Gasteiger partial charge in [0.15, 0.2) is 0 Å². The highest BCUT2D eigenvalue weighted by molar-refractivity contribution is 5.92. The molecule has 4 rings (SSSR count). The number of para-hydroxylation sites is 1. The third-order valence-corrected chi connectivity index (χ3v) is 4.91. The predicted octanol–water partition coefficient (Wildman–Crippen LogP) is 5.03. The Bertz CT molecular complexity index is 800. The molecule has 1 fully saturated rings. The minimum atomic E-state index is 0. The molecule has 2 aromatic carbocycles. The van der Waals surface area contributed by atoms with E-state index in [-0.39, 0.29) is 12.4 Å². The molecule has 0 radical (unpaired) electrons. The number of aromatic nitrogens is 1. The fourth-order valence-corrected chi connectivity index (χ4v) is 3.76. The smallest absolute Gasteiger partial charge is 0.0502 e. The summed E-state index contributed by atoms with van der Waals surface area (Å²) in [6.07, 6.45) is 2.45. The molecule has 2 N–H and O–H groups in total. The molecule has 23 heavy (non-hydrogen) atoms. The van der Waals surface area contributed by atoms with Gasteiger partial charge >= 0.3 is 0 Å². The Morgan fingerprint density at radius 3 is 2.39 bits per heavy atom. The number of aromatic amines is 1. The van der Waals surface area contributed by atoms with Gasteiger partial charge in [-0.15, -0.1) is 12.4 Å². The van der Waals surface area contributed by atoms with Crippen LogP contribution in [0.5, 0.6) is 0 Å². The number of rotatable bonds is 2. The average Bonchev–Trinajstić information content (AvgIpc) is 2.95. The Morgan fingerprint density at radius 1 is 0.913 bits per heavy atom. The SMILES string of the molecule is Cc1ccccc1-c1[nH]c2ccccc2c1C1CCNCC1.Cl. The minimum absolute atomic E-state index is 0. The Labute approximate surface area is 143 Å². The summed E-state index contributed by atoms with van der Waals surface area (Å²) in [6, 6.07) is 17.4. The monoisotopic (exact) mass is 326 g/mol. The molecule has 1 saturated heterocycles. The van der Waals surface area contributed by atoms with Crippen LogP contribution in [-0.4, -0.2) is 18.1 Å². The zero-order valence-corrected chi connectivity index (χ0v) is 14.2. The summed E-state index contributed by atoms with van der Waals surface area (Å²) >= 11 is 0. The number of hydrogen-bond acceptors (Lipinski definition) is 1. The van der Waals surface area contributed by atoms with Crippen LogP contribution < -0.4 is 5.32 Å². The van der Waals surface area contributed by atoms with E-state index in [1.165, 1.54) is 46.1 Å². The molecule has 0 amide bonds. The van der Waals surface area contributed by atoms with E-state index >= 15 is 0 Å². The van der Waals surface area contributed by atoms with E-state index < -0.39 is 0 Å². The summed E-state index contributed by atoms with van der Waals surface area (Å²) in [5, 5.41) is 4.88. The standard InChI is InChI=1S/C20H22N2.ClH/c1-14-6-2-3-7-16(14)20-19(15-10-12-21-13-11-15)17-8-4-5-9-18(17)22-20;/h2-9,15,21-22H,10-13H2,1H3;1H. The van der Waals surface area contributed by atoms with Crippen molar-refractivity contribution in [1.82, 2.24) is 10.3 Å². The van der Waals surface area contributed by atoms with Crippen molar-refractivity contribution in [3.63, 3.8) is 0 Å². The number of piperidine rings is 1. The fraction of sp³-hybridized carbons (Fsp3) is 0.300. The van der Waals surface area contributed by atoms with Crippen LogP contribution in [0.2, 0.25) is 0 Å². The van der Waals surface area contributed by atoms with Crippen molar-refractivity contribution >= 4 is 23.3 Å². The summed E-state index contributed by atoms with van der Waals surface area (Å²) in [7, 11) is 0. The second-order valence-electron chi connectivity index (χ2n) is 6.30. The first-order valence-corrected chi connectivity index (χ1v) is 8.22. The number of aryl methyl sites for hydroxylation is 1. The summed E-state index contributed by atoms with van der Waals surface area (Å²) in [4.78, 5) is 3.70. The van der Waals surface area contributed by atoms with E-state index in [2.05, 4.69) is 65.8 Å². The van der Waals surface area contributed by atoms with Gasteiger partial charge in [-0.3, -0.25) is 0 Å². The molecule has 120 valence electrons. The molecule has 0 bridgehead atoms. The molecule has 3 aromatic rings. The number of halogens is 1. The topological polar surface area (TPSA) is 27.8 Å². The Balaban J connectivity index is 0.00000156. The molecular formula is C20H23ClN2. The van der Waals surface area contributed by atoms with Gasteiger partial charge in [-0.1, -0.05) is 42.5 Å². The first kappa shape index (κ1) is 16.1. The van der Waals surface area contributed by atoms with E-state index in [1.54, 1.807) is 0 Å². The van der Waals surface area contributed by atoms with E-state index in [0.717, 1.165) is 13.1 Å².